The molecule has 0 saturated carbocycles. The van der Waals surface area contributed by atoms with Gasteiger partial charge in [-0.15, -0.1) is 0 Å². The Hall–Kier alpha value is -4.11. The van der Waals surface area contributed by atoms with E-state index in [4.69, 9.17) is 0 Å². The van der Waals surface area contributed by atoms with Crippen LogP contribution in [-0.4, -0.2) is 0 Å². The van der Waals surface area contributed by atoms with Crippen LogP contribution in [0.4, 0.5) is 0 Å². The van der Waals surface area contributed by atoms with E-state index >= 15 is 0 Å². The summed E-state index contributed by atoms with van der Waals surface area (Å²) in [5.41, 5.74) is 0. The van der Waals surface area contributed by atoms with Crippen molar-refractivity contribution in [2.45, 2.75) is 0 Å². The Bertz CT molecular complexity index is 1460. The van der Waals surface area contributed by atoms with Crippen LogP contribution in [0.1, 0.15) is 0 Å². The molecule has 3 heteroatoms. The monoisotopic (exact) mass is 659 g/mol. The minimum absolute atomic E-state index is 0.446. The third kappa shape index (κ3) is 9.95. The van der Waals surface area contributed by atoms with Crippen LogP contribution in [0, 0.1) is 0 Å². The van der Waals surface area contributed by atoms with Crippen LogP contribution in [0.2, 0.25) is 0 Å². The summed E-state index contributed by atoms with van der Waals surface area (Å²) >= 11 is 4.54. The van der Waals surface area contributed by atoms with E-state index in [2.05, 4.69) is 197 Å². The summed E-state index contributed by atoms with van der Waals surface area (Å²) in [6.45, 7) is 0. The molecule has 7 aromatic rings. The number of hydrogen-bond donors (Lipinski definition) is 0. The Balaban J connectivity index is 0.000000147. The summed E-state index contributed by atoms with van der Waals surface area (Å²) in [5.74, 6) is 0. The molecule has 7 aromatic carbocycles. The first-order valence-electron chi connectivity index (χ1n) is 14.9. The molecule has 0 N–H and O–H groups in total. The van der Waals surface area contributed by atoms with Gasteiger partial charge in [-0.25, -0.2) is 0 Å². The second kappa shape index (κ2) is 18.0. The first-order valence-corrected chi connectivity index (χ1v) is 18.1. The minimum Gasteiger partial charge on any atom is -0.0622 e. The maximum atomic E-state index is 4.54. The van der Waals surface area contributed by atoms with Crippen LogP contribution in [0.15, 0.2) is 212 Å². The molecule has 0 aliphatic heterocycles. The van der Waals surface area contributed by atoms with Gasteiger partial charge in [0.05, 0.1) is 0 Å². The van der Waals surface area contributed by atoms with Crippen molar-refractivity contribution in [2.75, 3.05) is 0 Å². The molecule has 0 spiro atoms. The Morgan fingerprint density at radius 3 is 0.511 bits per heavy atom. The van der Waals surface area contributed by atoms with E-state index in [0.717, 1.165) is 4.53 Å². The summed E-state index contributed by atoms with van der Waals surface area (Å²) in [7, 11) is -0.892. The molecule has 0 unspecified atom stereocenters. The zero-order chi connectivity index (χ0) is 30.9. The Kier molecular flexibility index (Phi) is 12.9. The topological polar surface area (TPSA) is 0 Å². The molecular weight excluding hydrogens is 625 g/mol. The average molecular weight is 660 g/mol. The summed E-state index contributed by atoms with van der Waals surface area (Å²) < 4.78 is 0.947. The summed E-state index contributed by atoms with van der Waals surface area (Å²) in [6.07, 6.45) is 0. The first-order chi connectivity index (χ1) is 22.3. The van der Waals surface area contributed by atoms with Crippen molar-refractivity contribution in [2.24, 2.45) is 0 Å². The third-order valence-electron chi connectivity index (χ3n) is 6.80. The van der Waals surface area contributed by atoms with E-state index in [1.165, 1.54) is 31.8 Å². The summed E-state index contributed by atoms with van der Waals surface area (Å²) in [4.78, 5) is 0. The molecular formula is C42H35NiP2. The summed E-state index contributed by atoms with van der Waals surface area (Å²) in [6, 6.07) is 74.3. The molecule has 0 aliphatic carbocycles. The van der Waals surface area contributed by atoms with Gasteiger partial charge in [0.15, 0.2) is 0 Å². The molecule has 0 aliphatic rings. The van der Waals surface area contributed by atoms with Gasteiger partial charge in [-0.05, 0) is 47.7 Å². The van der Waals surface area contributed by atoms with Crippen LogP contribution in [0.3, 0.4) is 0 Å². The number of benzene rings is 7. The molecule has 0 nitrogen and oxygen atoms in total. The fraction of sp³-hybridized carbons (Fsp3) is 0. The molecule has 0 amide bonds. The van der Waals surface area contributed by atoms with Crippen molar-refractivity contribution < 1.29 is 15.5 Å². The van der Waals surface area contributed by atoms with Crippen molar-refractivity contribution in [3.63, 3.8) is 0 Å². The van der Waals surface area contributed by atoms with Crippen LogP contribution in [0.25, 0.3) is 0 Å². The molecule has 0 heterocycles. The Morgan fingerprint density at radius 1 is 0.222 bits per heavy atom. The third-order valence-corrected chi connectivity index (χ3v) is 12.0. The molecule has 223 valence electrons. The van der Waals surface area contributed by atoms with Crippen LogP contribution < -0.4 is 36.4 Å². The van der Waals surface area contributed by atoms with Gasteiger partial charge in [-0.1, -0.05) is 182 Å². The predicted molar refractivity (Wildman–Crippen MR) is 196 cm³/mol. The number of rotatable bonds is 6. The molecule has 7 rings (SSSR count). The standard InChI is InChI=1S/2C18H15P.C6H5.Ni/c2*1-4-10-16(11-5-1)19(17-12-6-2-7-13-17)18-14-8-3-9-15-18;1-2-4-6-5-3-1;/h2*1-15H;1-5H;. The quantitative estimate of drug-likeness (QED) is 0.127. The zero-order valence-electron chi connectivity index (χ0n) is 24.9. The van der Waals surface area contributed by atoms with Gasteiger partial charge in [0.25, 0.3) is 0 Å². The van der Waals surface area contributed by atoms with Crippen LogP contribution >= 0.6 is 15.8 Å². The average Bonchev–Trinajstić information content (AvgIpc) is 3.12. The minimum atomic E-state index is -0.446. The van der Waals surface area contributed by atoms with E-state index in [0.29, 0.717) is 0 Å². The van der Waals surface area contributed by atoms with Gasteiger partial charge in [-0.2, -0.15) is 0 Å². The second-order valence-electron chi connectivity index (χ2n) is 9.94. The maximum absolute atomic E-state index is 4.54. The Morgan fingerprint density at radius 2 is 0.378 bits per heavy atom. The molecule has 45 heavy (non-hydrogen) atoms. The molecule has 0 aromatic heterocycles. The van der Waals surface area contributed by atoms with Gasteiger partial charge in [0, 0.05) is 0 Å². The largest absolute Gasteiger partial charge is 0.0622 e. The predicted octanol–water partition coefficient (Wildman–Crippen LogP) is 7.75. The molecule has 0 fully saturated rings. The van der Waals surface area contributed by atoms with E-state index in [-0.39, 0.29) is 0 Å². The first kappa shape index (κ1) is 32.3. The van der Waals surface area contributed by atoms with Crippen molar-refractivity contribution in [1.29, 1.82) is 0 Å². The van der Waals surface area contributed by atoms with Crippen LogP contribution in [-0.2, 0) is 15.5 Å². The normalized spacial score (nSPS) is 10.3. The van der Waals surface area contributed by atoms with Crippen molar-refractivity contribution in [1.82, 2.24) is 0 Å². The molecule has 0 saturated heterocycles. The summed E-state index contributed by atoms with van der Waals surface area (Å²) in [5, 5.41) is 8.39. The second-order valence-corrected chi connectivity index (χ2v) is 15.0. The van der Waals surface area contributed by atoms with E-state index in [9.17, 15) is 0 Å². The molecule has 0 bridgehead atoms. The van der Waals surface area contributed by atoms with E-state index in [1.807, 2.05) is 30.3 Å². The SMILES string of the molecule is [Ni][c]1ccccc1.c1ccc(P(c2ccccc2)c2ccccc2)cc1.c1ccc(P(c2ccccc2)c2ccccc2)cc1. The van der Waals surface area contributed by atoms with Gasteiger partial charge in [0.1, 0.15) is 0 Å². The molecule has 0 radical (unpaired) electrons. The fourth-order valence-electron chi connectivity index (χ4n) is 4.76. The van der Waals surface area contributed by atoms with Crippen molar-refractivity contribution >= 4 is 52.2 Å². The van der Waals surface area contributed by atoms with E-state index in [1.54, 1.807) is 0 Å². The zero-order valence-corrected chi connectivity index (χ0v) is 27.7. The van der Waals surface area contributed by atoms with Gasteiger partial charge in [0.2, 0.25) is 0 Å². The smallest absolute Gasteiger partial charge is 0.0134 e. The van der Waals surface area contributed by atoms with Gasteiger partial charge in [-0.3, -0.25) is 0 Å². The number of hydrogen-bond acceptors (Lipinski definition) is 0. The molecule has 0 atom stereocenters. The van der Waals surface area contributed by atoms with Gasteiger partial charge >= 0.3 is 50.3 Å². The van der Waals surface area contributed by atoms with Crippen LogP contribution in [0.5, 0.6) is 0 Å². The van der Waals surface area contributed by atoms with Crippen molar-refractivity contribution in [3.05, 3.63) is 212 Å². The van der Waals surface area contributed by atoms with Gasteiger partial charge < -0.3 is 0 Å². The fourth-order valence-corrected chi connectivity index (χ4v) is 9.56. The van der Waals surface area contributed by atoms with E-state index < -0.39 is 15.8 Å². The maximum Gasteiger partial charge on any atom is -0.0134 e. The van der Waals surface area contributed by atoms with Crippen molar-refractivity contribution in [3.8, 4) is 0 Å². The Labute approximate surface area is 278 Å².